The Hall–Kier alpha value is -2.93. The molecule has 150 valence electrons. The second-order valence-corrected chi connectivity index (χ2v) is 7.56. The molecule has 0 atom stereocenters. The molecule has 28 heavy (non-hydrogen) atoms. The van der Waals surface area contributed by atoms with Gasteiger partial charge in [0.25, 0.3) is 0 Å². The Morgan fingerprint density at radius 1 is 1.14 bits per heavy atom. The number of carboxylic acid groups (broad SMARTS) is 1. The van der Waals surface area contributed by atoms with E-state index in [1.54, 1.807) is 39.8 Å². The quantitative estimate of drug-likeness (QED) is 0.725. The molecule has 1 heterocycles. The SMILES string of the molecule is Cc1ccc(-c2c(CO)c(CNC(=O)OC(C)(C)C)nc(C)c2C(=O)O)cc1. The minimum atomic E-state index is -1.12. The summed E-state index contributed by atoms with van der Waals surface area (Å²) < 4.78 is 5.22. The fraction of sp³-hybridized carbons (Fsp3) is 0.381. The normalized spacial score (nSPS) is 11.2. The van der Waals surface area contributed by atoms with E-state index in [1.807, 2.05) is 19.1 Å². The van der Waals surface area contributed by atoms with Crippen molar-refractivity contribution in [2.24, 2.45) is 0 Å². The van der Waals surface area contributed by atoms with Crippen molar-refractivity contribution < 1.29 is 24.5 Å². The molecule has 0 saturated heterocycles. The lowest BCUT2D eigenvalue weighted by Gasteiger charge is -2.21. The van der Waals surface area contributed by atoms with Crippen LogP contribution in [0.1, 0.15) is 53.6 Å². The fourth-order valence-electron chi connectivity index (χ4n) is 2.89. The third kappa shape index (κ3) is 5.07. The zero-order chi connectivity index (χ0) is 21.1. The van der Waals surface area contributed by atoms with Crippen molar-refractivity contribution in [3.63, 3.8) is 0 Å². The molecule has 0 radical (unpaired) electrons. The number of aliphatic hydroxyl groups excluding tert-OH is 1. The molecule has 1 aromatic heterocycles. The van der Waals surface area contributed by atoms with Crippen LogP contribution in [0.4, 0.5) is 4.79 Å². The Kier molecular flexibility index (Phi) is 6.41. The number of amides is 1. The Morgan fingerprint density at radius 3 is 2.25 bits per heavy atom. The smallest absolute Gasteiger partial charge is 0.407 e. The molecule has 0 aliphatic rings. The molecular formula is C21H26N2O5. The number of aryl methyl sites for hydroxylation is 2. The maximum atomic E-state index is 12.0. The number of nitrogens with zero attached hydrogens (tertiary/aromatic N) is 1. The van der Waals surface area contributed by atoms with Crippen LogP contribution in [0.15, 0.2) is 24.3 Å². The number of hydrogen-bond acceptors (Lipinski definition) is 5. The van der Waals surface area contributed by atoms with Gasteiger partial charge in [-0.05, 0) is 40.2 Å². The van der Waals surface area contributed by atoms with Gasteiger partial charge in [0.05, 0.1) is 30.1 Å². The molecule has 1 amide bonds. The van der Waals surface area contributed by atoms with Crippen LogP contribution in [0.3, 0.4) is 0 Å². The number of benzene rings is 1. The number of ether oxygens (including phenoxy) is 1. The second-order valence-electron chi connectivity index (χ2n) is 7.56. The molecule has 0 bridgehead atoms. The highest BCUT2D eigenvalue weighted by molar-refractivity contribution is 5.98. The van der Waals surface area contributed by atoms with E-state index in [2.05, 4.69) is 10.3 Å². The second kappa shape index (κ2) is 8.39. The minimum Gasteiger partial charge on any atom is -0.478 e. The lowest BCUT2D eigenvalue weighted by atomic mass is 9.92. The molecule has 0 saturated carbocycles. The highest BCUT2D eigenvalue weighted by atomic mass is 16.6. The standard InChI is InChI=1S/C21H26N2O5/c1-12-6-8-14(9-7-12)18-15(11-24)16(23-13(2)17(18)19(25)26)10-22-20(27)28-21(3,4)5/h6-9,24H,10-11H2,1-5H3,(H,22,27)(H,25,26). The highest BCUT2D eigenvalue weighted by Gasteiger charge is 2.24. The molecule has 1 aromatic carbocycles. The average molecular weight is 386 g/mol. The van der Waals surface area contributed by atoms with Crippen molar-refractivity contribution in [2.75, 3.05) is 0 Å². The first kappa shape index (κ1) is 21.4. The number of carbonyl (C=O) groups excluding carboxylic acids is 1. The number of pyridine rings is 1. The monoisotopic (exact) mass is 386 g/mol. The Labute approximate surface area is 164 Å². The van der Waals surface area contributed by atoms with Crippen molar-refractivity contribution in [2.45, 2.75) is 53.4 Å². The first-order valence-corrected chi connectivity index (χ1v) is 8.94. The van der Waals surface area contributed by atoms with Gasteiger partial charge in [-0.25, -0.2) is 9.59 Å². The number of hydrogen-bond donors (Lipinski definition) is 3. The number of carbonyl (C=O) groups is 2. The van der Waals surface area contributed by atoms with Crippen LogP contribution in [0.25, 0.3) is 11.1 Å². The summed E-state index contributed by atoms with van der Waals surface area (Å²) in [6.45, 7) is 8.39. The van der Waals surface area contributed by atoms with Crippen molar-refractivity contribution >= 4 is 12.1 Å². The fourth-order valence-corrected chi connectivity index (χ4v) is 2.89. The summed E-state index contributed by atoms with van der Waals surface area (Å²) in [5, 5.41) is 22.3. The topological polar surface area (TPSA) is 109 Å². The Balaban J connectivity index is 2.52. The van der Waals surface area contributed by atoms with E-state index >= 15 is 0 Å². The van der Waals surface area contributed by atoms with Gasteiger partial charge >= 0.3 is 12.1 Å². The summed E-state index contributed by atoms with van der Waals surface area (Å²) in [6, 6.07) is 7.36. The van der Waals surface area contributed by atoms with E-state index in [0.29, 0.717) is 28.1 Å². The summed E-state index contributed by atoms with van der Waals surface area (Å²) in [4.78, 5) is 28.2. The summed E-state index contributed by atoms with van der Waals surface area (Å²) in [5.74, 6) is -1.12. The predicted octanol–water partition coefficient (Wildman–Crippen LogP) is 3.58. The molecule has 3 N–H and O–H groups in total. The minimum absolute atomic E-state index is 0.00437. The van der Waals surface area contributed by atoms with Gasteiger partial charge in [0, 0.05) is 11.1 Å². The molecule has 0 aliphatic heterocycles. The summed E-state index contributed by atoms with van der Waals surface area (Å²) in [5.41, 5.74) is 2.56. The molecule has 7 heteroatoms. The molecule has 2 aromatic rings. The molecule has 2 rings (SSSR count). The van der Waals surface area contributed by atoms with Crippen LogP contribution in [-0.4, -0.2) is 32.9 Å². The predicted molar refractivity (Wildman–Crippen MR) is 105 cm³/mol. The zero-order valence-electron chi connectivity index (χ0n) is 16.8. The van der Waals surface area contributed by atoms with Crippen LogP contribution in [0, 0.1) is 13.8 Å². The van der Waals surface area contributed by atoms with Crippen molar-refractivity contribution in [3.8, 4) is 11.1 Å². The Morgan fingerprint density at radius 2 is 1.75 bits per heavy atom. The van der Waals surface area contributed by atoms with E-state index in [-0.39, 0.29) is 12.1 Å². The third-order valence-corrected chi connectivity index (χ3v) is 4.08. The number of alkyl carbamates (subject to hydrolysis) is 1. The van der Waals surface area contributed by atoms with Gasteiger partial charge in [-0.3, -0.25) is 4.98 Å². The summed E-state index contributed by atoms with van der Waals surface area (Å²) in [7, 11) is 0. The van der Waals surface area contributed by atoms with Gasteiger partial charge in [-0.2, -0.15) is 0 Å². The van der Waals surface area contributed by atoms with Gasteiger partial charge in [0.1, 0.15) is 5.60 Å². The number of aromatic carboxylic acids is 1. The highest BCUT2D eigenvalue weighted by Crippen LogP contribution is 2.32. The summed E-state index contributed by atoms with van der Waals surface area (Å²) >= 11 is 0. The van der Waals surface area contributed by atoms with Crippen molar-refractivity contribution in [1.29, 1.82) is 0 Å². The van der Waals surface area contributed by atoms with Gasteiger partial charge in [-0.1, -0.05) is 29.8 Å². The van der Waals surface area contributed by atoms with Gasteiger partial charge in [0.2, 0.25) is 0 Å². The van der Waals surface area contributed by atoms with Gasteiger partial charge in [-0.15, -0.1) is 0 Å². The third-order valence-electron chi connectivity index (χ3n) is 4.08. The number of aromatic nitrogens is 1. The molecule has 0 spiro atoms. The average Bonchev–Trinajstić information content (AvgIpc) is 2.58. The molecule has 0 unspecified atom stereocenters. The Bertz CT molecular complexity index is 883. The number of carboxylic acids is 1. The maximum absolute atomic E-state index is 12.0. The first-order valence-electron chi connectivity index (χ1n) is 8.94. The lowest BCUT2D eigenvalue weighted by Crippen LogP contribution is -2.32. The van der Waals surface area contributed by atoms with Crippen LogP contribution in [-0.2, 0) is 17.9 Å². The molecular weight excluding hydrogens is 360 g/mol. The van der Waals surface area contributed by atoms with Crippen molar-refractivity contribution in [1.82, 2.24) is 10.3 Å². The number of aliphatic hydroxyl groups is 1. The van der Waals surface area contributed by atoms with Crippen LogP contribution < -0.4 is 5.32 Å². The van der Waals surface area contributed by atoms with Crippen LogP contribution >= 0.6 is 0 Å². The number of nitrogens with one attached hydrogen (secondary N) is 1. The van der Waals surface area contributed by atoms with Gasteiger partial charge in [0.15, 0.2) is 0 Å². The van der Waals surface area contributed by atoms with E-state index in [0.717, 1.165) is 5.56 Å². The first-order chi connectivity index (χ1) is 13.0. The van der Waals surface area contributed by atoms with E-state index in [4.69, 9.17) is 4.74 Å². The van der Waals surface area contributed by atoms with Crippen LogP contribution in [0.5, 0.6) is 0 Å². The van der Waals surface area contributed by atoms with Crippen LogP contribution in [0.2, 0.25) is 0 Å². The lowest BCUT2D eigenvalue weighted by molar-refractivity contribution is 0.0521. The molecule has 7 nitrogen and oxygen atoms in total. The van der Waals surface area contributed by atoms with Crippen molar-refractivity contribution in [3.05, 3.63) is 52.3 Å². The zero-order valence-corrected chi connectivity index (χ0v) is 16.8. The largest absolute Gasteiger partial charge is 0.478 e. The van der Waals surface area contributed by atoms with Gasteiger partial charge < -0.3 is 20.3 Å². The molecule has 0 aliphatic carbocycles. The number of rotatable bonds is 5. The van der Waals surface area contributed by atoms with E-state index < -0.39 is 24.3 Å². The summed E-state index contributed by atoms with van der Waals surface area (Å²) in [6.07, 6.45) is -0.616. The van der Waals surface area contributed by atoms with E-state index in [1.165, 1.54) is 0 Å². The maximum Gasteiger partial charge on any atom is 0.407 e. The van der Waals surface area contributed by atoms with E-state index in [9.17, 15) is 19.8 Å². The molecule has 0 fully saturated rings.